The summed E-state index contributed by atoms with van der Waals surface area (Å²) in [6.45, 7) is 3.00. The summed E-state index contributed by atoms with van der Waals surface area (Å²) in [7, 11) is -3.79. The Morgan fingerprint density at radius 2 is 1.42 bits per heavy atom. The molecule has 0 spiro atoms. The van der Waals surface area contributed by atoms with Gasteiger partial charge in [0.25, 0.3) is 5.97 Å². The first-order valence-electron chi connectivity index (χ1n) is 10.6. The first kappa shape index (κ1) is 28.6. The summed E-state index contributed by atoms with van der Waals surface area (Å²) in [5, 5.41) is 10.0. The minimum Gasteiger partial charge on any atom is -0.572 e. The number of hydrogen-bond donors (Lipinski definition) is 1. The maximum absolute atomic E-state index is 12.7. The van der Waals surface area contributed by atoms with Gasteiger partial charge in [0.1, 0.15) is 10.0 Å². The summed E-state index contributed by atoms with van der Waals surface area (Å²) >= 11 is 0. The molecule has 7 nitrogen and oxygen atoms in total. The second-order valence-corrected chi connectivity index (χ2v) is 9.04. The summed E-state index contributed by atoms with van der Waals surface area (Å²) in [5.74, 6) is -0.833. The van der Waals surface area contributed by atoms with Crippen LogP contribution < -0.4 is 0 Å². The zero-order valence-corrected chi connectivity index (χ0v) is 21.9. The van der Waals surface area contributed by atoms with E-state index < -0.39 is 16.0 Å². The van der Waals surface area contributed by atoms with Gasteiger partial charge in [-0.1, -0.05) is 60.2 Å². The zero-order chi connectivity index (χ0) is 25.3. The molecule has 5 aromatic rings. The van der Waals surface area contributed by atoms with E-state index in [2.05, 4.69) is 14.7 Å². The molecule has 0 amide bonds. The van der Waals surface area contributed by atoms with Crippen LogP contribution in [0.25, 0.3) is 26.4 Å². The molecule has 0 aliphatic rings. The molecular weight excluding hydrogens is 569 g/mol. The second-order valence-electron chi connectivity index (χ2n) is 7.44. The Morgan fingerprint density at radius 3 is 2.00 bits per heavy atom. The SMILES string of the molecule is CC(=O)O.Cc1ccc(S(=O)(=O)[N-]c2cccc3ccc4cccnc4c23)cc1.[Pd].c1ccncc1. The third kappa shape index (κ3) is 7.96. The predicted octanol–water partition coefficient (Wildman–Crippen LogP) is 6.26. The van der Waals surface area contributed by atoms with E-state index in [4.69, 9.17) is 9.90 Å². The van der Waals surface area contributed by atoms with Crippen molar-refractivity contribution in [2.45, 2.75) is 18.7 Å². The number of pyridine rings is 2. The van der Waals surface area contributed by atoms with E-state index in [-0.39, 0.29) is 25.3 Å². The summed E-state index contributed by atoms with van der Waals surface area (Å²) in [4.78, 5) is 17.4. The van der Waals surface area contributed by atoms with Gasteiger partial charge in [0.2, 0.25) is 0 Å². The van der Waals surface area contributed by atoms with Crippen LogP contribution in [-0.4, -0.2) is 29.5 Å². The zero-order valence-electron chi connectivity index (χ0n) is 19.6. The Bertz CT molecular complexity index is 1500. The molecule has 36 heavy (non-hydrogen) atoms. The van der Waals surface area contributed by atoms with E-state index in [1.165, 1.54) is 0 Å². The number of sulfonamides is 1. The van der Waals surface area contributed by atoms with Crippen LogP contribution in [0, 0.1) is 6.92 Å². The van der Waals surface area contributed by atoms with Gasteiger partial charge in [-0.05, 0) is 48.0 Å². The largest absolute Gasteiger partial charge is 0.572 e. The van der Waals surface area contributed by atoms with Crippen LogP contribution in [0.3, 0.4) is 0 Å². The van der Waals surface area contributed by atoms with Crippen molar-refractivity contribution in [3.8, 4) is 0 Å². The number of aryl methyl sites for hydroxylation is 1. The Balaban J connectivity index is 0.000000350. The first-order chi connectivity index (χ1) is 16.8. The minimum atomic E-state index is -3.79. The molecule has 2 aromatic heterocycles. The third-order valence-electron chi connectivity index (χ3n) is 4.70. The topological polar surface area (TPSA) is 111 Å². The number of nitrogens with zero attached hydrogens (tertiary/aromatic N) is 3. The van der Waals surface area contributed by atoms with Crippen LogP contribution in [0.2, 0.25) is 0 Å². The van der Waals surface area contributed by atoms with Crippen molar-refractivity contribution in [3.63, 3.8) is 0 Å². The van der Waals surface area contributed by atoms with Crippen molar-refractivity contribution in [1.82, 2.24) is 9.97 Å². The van der Waals surface area contributed by atoms with Crippen molar-refractivity contribution in [2.75, 3.05) is 0 Å². The van der Waals surface area contributed by atoms with Gasteiger partial charge < -0.3 is 9.83 Å². The molecule has 2 heterocycles. The Labute approximate surface area is 224 Å². The van der Waals surface area contributed by atoms with Crippen LogP contribution in [0.15, 0.2) is 108 Å². The second kappa shape index (κ2) is 13.5. The first-order valence-corrected chi connectivity index (χ1v) is 12.1. The number of hydrogen-bond acceptors (Lipinski definition) is 5. The minimum absolute atomic E-state index is 0. The maximum atomic E-state index is 12.7. The number of aromatic nitrogens is 2. The van der Waals surface area contributed by atoms with E-state index in [1.54, 1.807) is 55.0 Å². The van der Waals surface area contributed by atoms with Crippen LogP contribution in [0.4, 0.5) is 5.69 Å². The molecule has 0 aliphatic heterocycles. The molecule has 5 rings (SSSR count). The molecule has 0 saturated carbocycles. The van der Waals surface area contributed by atoms with Crippen molar-refractivity contribution >= 4 is 43.4 Å². The fourth-order valence-corrected chi connectivity index (χ4v) is 4.17. The molecule has 0 bridgehead atoms. The molecule has 0 radical (unpaired) electrons. The summed E-state index contributed by atoms with van der Waals surface area (Å²) in [6.07, 6.45) is 5.20. The molecule has 1 N–H and O–H groups in total. The van der Waals surface area contributed by atoms with Crippen molar-refractivity contribution in [3.05, 3.63) is 114 Å². The number of benzene rings is 3. The Morgan fingerprint density at radius 1 is 0.806 bits per heavy atom. The molecule has 0 aliphatic carbocycles. The molecule has 0 unspecified atom stereocenters. The van der Waals surface area contributed by atoms with Crippen molar-refractivity contribution in [1.29, 1.82) is 0 Å². The smallest absolute Gasteiger partial charge is 0.300 e. The third-order valence-corrected chi connectivity index (χ3v) is 6.00. The number of rotatable bonds is 3. The number of aliphatic carboxylic acids is 1. The summed E-state index contributed by atoms with van der Waals surface area (Å²) in [6, 6.07) is 25.6. The standard InChI is InChI=1S/C20H15N2O2S.C5H5N.C2H4O2.Pd/c1-14-7-11-17(12-8-14)25(23,24)22-18-6-2-4-15-9-10-16-5-3-13-21-20(16)19(15)18;1-2-4-6-5-3-1;1-2(3)4;/h2-13H,1H3;1-5H;1H3,(H,3,4);/q-1;;;. The van der Waals surface area contributed by atoms with Crippen molar-refractivity contribution < 1.29 is 38.7 Å². The molecule has 0 atom stereocenters. The number of carboxylic acid groups (broad SMARTS) is 1. The monoisotopic (exact) mass is 592 g/mol. The van der Waals surface area contributed by atoms with E-state index >= 15 is 0 Å². The van der Waals surface area contributed by atoms with E-state index in [0.29, 0.717) is 5.69 Å². The number of carbonyl (C=O) groups is 1. The molecule has 0 saturated heterocycles. The van der Waals surface area contributed by atoms with Gasteiger partial charge >= 0.3 is 0 Å². The van der Waals surface area contributed by atoms with E-state index in [1.807, 2.05) is 55.5 Å². The average molecular weight is 593 g/mol. The molecule has 9 heteroatoms. The quantitative estimate of drug-likeness (QED) is 0.195. The van der Waals surface area contributed by atoms with Gasteiger partial charge in [0.15, 0.2) is 0 Å². The van der Waals surface area contributed by atoms with E-state index in [0.717, 1.165) is 34.2 Å². The van der Waals surface area contributed by atoms with Gasteiger partial charge in [0, 0.05) is 51.3 Å². The Hall–Kier alpha value is -3.64. The van der Waals surface area contributed by atoms with Crippen LogP contribution >= 0.6 is 0 Å². The fourth-order valence-electron chi connectivity index (χ4n) is 3.18. The van der Waals surface area contributed by atoms with Gasteiger partial charge in [-0.25, -0.2) is 8.42 Å². The van der Waals surface area contributed by atoms with Gasteiger partial charge in [-0.15, -0.1) is 5.69 Å². The number of carboxylic acids is 1. The normalized spacial score (nSPS) is 10.2. The Kier molecular flexibility index (Phi) is 10.7. The molecule has 188 valence electrons. The number of fused-ring (bicyclic) bond motifs is 3. The molecular formula is C27H24N3O4PdS-. The van der Waals surface area contributed by atoms with Crippen LogP contribution in [-0.2, 0) is 35.2 Å². The maximum Gasteiger partial charge on any atom is 0.300 e. The van der Waals surface area contributed by atoms with Crippen LogP contribution in [0.1, 0.15) is 12.5 Å². The molecule has 0 fully saturated rings. The van der Waals surface area contributed by atoms with Gasteiger partial charge in [-0.2, -0.15) is 0 Å². The summed E-state index contributed by atoms with van der Waals surface area (Å²) in [5.41, 5.74) is 2.15. The molecule has 3 aromatic carbocycles. The summed E-state index contributed by atoms with van der Waals surface area (Å²) < 4.78 is 29.5. The fraction of sp³-hybridized carbons (Fsp3) is 0.0741. The van der Waals surface area contributed by atoms with Gasteiger partial charge in [-0.3, -0.25) is 14.8 Å². The van der Waals surface area contributed by atoms with Crippen molar-refractivity contribution in [2.24, 2.45) is 0 Å². The predicted molar refractivity (Wildman–Crippen MR) is 138 cm³/mol. The average Bonchev–Trinajstić information content (AvgIpc) is 2.85. The van der Waals surface area contributed by atoms with E-state index in [9.17, 15) is 8.42 Å². The van der Waals surface area contributed by atoms with Crippen LogP contribution in [0.5, 0.6) is 0 Å². The van der Waals surface area contributed by atoms with Gasteiger partial charge in [0.05, 0.1) is 10.4 Å².